The number of carbonyl (C=O) groups is 1. The number of aromatic amines is 1. The number of hydrogen-bond donors (Lipinski definition) is 2. The van der Waals surface area contributed by atoms with Gasteiger partial charge in [0.15, 0.2) is 5.69 Å². The van der Waals surface area contributed by atoms with E-state index in [1.54, 1.807) is 16.9 Å². The maximum Gasteiger partial charge on any atom is 0.273 e. The molecule has 2 aromatic carbocycles. The fraction of sp³-hybridized carbons (Fsp3) is 0.130. The van der Waals surface area contributed by atoms with Crippen molar-refractivity contribution < 1.29 is 9.18 Å². The third kappa shape index (κ3) is 3.42. The lowest BCUT2D eigenvalue weighted by atomic mass is 10.1. The number of nitrogens with zero attached hydrogens (tertiary/aromatic N) is 4. The molecule has 0 radical (unpaired) electrons. The topological polar surface area (TPSA) is 88.5 Å². The summed E-state index contributed by atoms with van der Waals surface area (Å²) < 4.78 is 15.0. The molecule has 0 bridgehead atoms. The van der Waals surface area contributed by atoms with Crippen molar-refractivity contribution in [2.24, 2.45) is 0 Å². The number of H-pyrrole nitrogens is 1. The highest BCUT2D eigenvalue weighted by Gasteiger charge is 2.18. The molecular formula is C23H19FN6O. The zero-order valence-electron chi connectivity index (χ0n) is 16.8. The minimum atomic E-state index is -0.289. The fourth-order valence-corrected chi connectivity index (χ4v) is 3.79. The molecule has 7 nitrogen and oxygen atoms in total. The predicted molar refractivity (Wildman–Crippen MR) is 116 cm³/mol. The summed E-state index contributed by atoms with van der Waals surface area (Å²) in [6.07, 6.45) is 4.17. The van der Waals surface area contributed by atoms with Crippen molar-refractivity contribution in [2.45, 2.75) is 13.3 Å². The van der Waals surface area contributed by atoms with Gasteiger partial charge in [0.25, 0.3) is 5.91 Å². The second kappa shape index (κ2) is 7.64. The molecule has 0 aliphatic heterocycles. The van der Waals surface area contributed by atoms with E-state index in [4.69, 9.17) is 0 Å². The van der Waals surface area contributed by atoms with Gasteiger partial charge in [0.05, 0.1) is 16.9 Å². The lowest BCUT2D eigenvalue weighted by Crippen LogP contribution is -2.26. The van der Waals surface area contributed by atoms with E-state index in [9.17, 15) is 9.18 Å². The molecular weight excluding hydrogens is 395 g/mol. The Morgan fingerprint density at radius 1 is 1.19 bits per heavy atom. The number of nitrogens with one attached hydrogen (secondary N) is 2. The number of hydrogen-bond acceptors (Lipinski definition) is 4. The molecule has 0 fully saturated rings. The highest BCUT2D eigenvalue weighted by molar-refractivity contribution is 5.94. The van der Waals surface area contributed by atoms with Crippen LogP contribution in [0.1, 0.15) is 21.7 Å². The van der Waals surface area contributed by atoms with Gasteiger partial charge in [-0.05, 0) is 49.2 Å². The average molecular weight is 414 g/mol. The second-order valence-electron chi connectivity index (χ2n) is 7.30. The van der Waals surface area contributed by atoms with Gasteiger partial charge < -0.3 is 10.3 Å². The zero-order chi connectivity index (χ0) is 21.4. The number of para-hydroxylation sites is 1. The third-order valence-corrected chi connectivity index (χ3v) is 5.36. The largest absolute Gasteiger partial charge is 0.361 e. The Hall–Kier alpha value is -4.07. The maximum absolute atomic E-state index is 13.3. The van der Waals surface area contributed by atoms with Crippen molar-refractivity contribution in [2.75, 3.05) is 6.54 Å². The lowest BCUT2D eigenvalue weighted by molar-refractivity contribution is 0.0948. The Labute approximate surface area is 176 Å². The molecule has 0 spiro atoms. The monoisotopic (exact) mass is 414 g/mol. The summed E-state index contributed by atoms with van der Waals surface area (Å²) in [6, 6.07) is 14.3. The number of halogens is 1. The molecule has 31 heavy (non-hydrogen) atoms. The van der Waals surface area contributed by atoms with E-state index in [1.807, 2.05) is 43.5 Å². The summed E-state index contributed by atoms with van der Waals surface area (Å²) in [7, 11) is 0. The summed E-state index contributed by atoms with van der Waals surface area (Å²) in [5.41, 5.74) is 4.22. The number of fused-ring (bicyclic) bond motifs is 2. The van der Waals surface area contributed by atoms with E-state index < -0.39 is 0 Å². The SMILES string of the molecule is Cc1c(C(=O)NCCc2c[nH]c3cc(F)ccc23)nnn1-c1cccc2cccnc12. The first-order valence-corrected chi connectivity index (χ1v) is 9.92. The van der Waals surface area contributed by atoms with Crippen LogP contribution >= 0.6 is 0 Å². The first-order valence-electron chi connectivity index (χ1n) is 9.92. The van der Waals surface area contributed by atoms with Crippen molar-refractivity contribution in [1.82, 2.24) is 30.3 Å². The van der Waals surface area contributed by atoms with Crippen LogP contribution in [-0.4, -0.2) is 37.4 Å². The first-order chi connectivity index (χ1) is 15.1. The predicted octanol–water partition coefficient (Wildman–Crippen LogP) is 3.72. The number of rotatable bonds is 5. The number of pyridine rings is 1. The van der Waals surface area contributed by atoms with Crippen LogP contribution < -0.4 is 5.32 Å². The van der Waals surface area contributed by atoms with Gasteiger partial charge in [-0.2, -0.15) is 0 Å². The first kappa shape index (κ1) is 18.9. The van der Waals surface area contributed by atoms with Gasteiger partial charge >= 0.3 is 0 Å². The van der Waals surface area contributed by atoms with Crippen LogP contribution in [0, 0.1) is 12.7 Å². The quantitative estimate of drug-likeness (QED) is 0.459. The van der Waals surface area contributed by atoms with E-state index in [2.05, 4.69) is 25.6 Å². The van der Waals surface area contributed by atoms with E-state index in [0.29, 0.717) is 18.7 Å². The van der Waals surface area contributed by atoms with Crippen LogP contribution in [0.2, 0.25) is 0 Å². The van der Waals surface area contributed by atoms with Gasteiger partial charge in [-0.3, -0.25) is 9.78 Å². The molecule has 5 rings (SSSR count). The summed E-state index contributed by atoms with van der Waals surface area (Å²) >= 11 is 0. The van der Waals surface area contributed by atoms with Crippen LogP contribution in [0.5, 0.6) is 0 Å². The normalized spacial score (nSPS) is 11.3. The van der Waals surface area contributed by atoms with E-state index >= 15 is 0 Å². The van der Waals surface area contributed by atoms with Crippen LogP contribution in [0.3, 0.4) is 0 Å². The third-order valence-electron chi connectivity index (χ3n) is 5.36. The zero-order valence-corrected chi connectivity index (χ0v) is 16.8. The van der Waals surface area contributed by atoms with Crippen LogP contribution in [0.4, 0.5) is 4.39 Å². The van der Waals surface area contributed by atoms with E-state index in [0.717, 1.165) is 33.1 Å². The van der Waals surface area contributed by atoms with E-state index in [-0.39, 0.29) is 17.4 Å². The number of amides is 1. The van der Waals surface area contributed by atoms with Crippen LogP contribution in [0.25, 0.3) is 27.5 Å². The Balaban J connectivity index is 1.33. The molecule has 0 aliphatic carbocycles. The van der Waals surface area contributed by atoms with Crippen LogP contribution in [-0.2, 0) is 6.42 Å². The minimum absolute atomic E-state index is 0.272. The number of benzene rings is 2. The molecule has 8 heteroatoms. The lowest BCUT2D eigenvalue weighted by Gasteiger charge is -2.07. The standard InChI is InChI=1S/C23H19FN6O/c1-14-21(28-29-30(14)20-6-2-4-15-5-3-10-25-22(15)20)23(31)26-11-9-16-13-27-19-12-17(24)7-8-18(16)19/h2-8,10,12-13,27H,9,11H2,1H3,(H,26,31). The van der Waals surface area contributed by atoms with Gasteiger partial charge in [0.1, 0.15) is 5.82 Å². The molecule has 3 heterocycles. The molecule has 5 aromatic rings. The van der Waals surface area contributed by atoms with Gasteiger partial charge in [0, 0.05) is 35.2 Å². The minimum Gasteiger partial charge on any atom is -0.361 e. The molecule has 0 aliphatic rings. The smallest absolute Gasteiger partial charge is 0.273 e. The molecule has 0 saturated heterocycles. The maximum atomic E-state index is 13.3. The van der Waals surface area contributed by atoms with Crippen molar-refractivity contribution >= 4 is 27.7 Å². The molecule has 0 atom stereocenters. The van der Waals surface area contributed by atoms with Crippen molar-refractivity contribution in [3.8, 4) is 5.69 Å². The van der Waals surface area contributed by atoms with Crippen LogP contribution in [0.15, 0.2) is 60.9 Å². The molecule has 0 unspecified atom stereocenters. The van der Waals surface area contributed by atoms with Crippen molar-refractivity contribution in [3.63, 3.8) is 0 Å². The number of aromatic nitrogens is 5. The molecule has 2 N–H and O–H groups in total. The van der Waals surface area contributed by atoms with Gasteiger partial charge in [0.2, 0.25) is 0 Å². The van der Waals surface area contributed by atoms with Gasteiger partial charge in [-0.25, -0.2) is 9.07 Å². The second-order valence-corrected chi connectivity index (χ2v) is 7.30. The molecule has 1 amide bonds. The van der Waals surface area contributed by atoms with Crippen molar-refractivity contribution in [3.05, 3.63) is 83.7 Å². The summed E-state index contributed by atoms with van der Waals surface area (Å²) in [5.74, 6) is -0.572. The fourth-order valence-electron chi connectivity index (χ4n) is 3.79. The molecule has 154 valence electrons. The number of carbonyl (C=O) groups excluding carboxylic acids is 1. The summed E-state index contributed by atoms with van der Waals surface area (Å²) in [6.45, 7) is 2.23. The highest BCUT2D eigenvalue weighted by atomic mass is 19.1. The van der Waals surface area contributed by atoms with Gasteiger partial charge in [-0.15, -0.1) is 5.10 Å². The molecule has 3 aromatic heterocycles. The highest BCUT2D eigenvalue weighted by Crippen LogP contribution is 2.22. The molecule has 0 saturated carbocycles. The van der Waals surface area contributed by atoms with E-state index in [1.165, 1.54) is 12.1 Å². The Morgan fingerprint density at radius 3 is 2.97 bits per heavy atom. The Kier molecular flexibility index (Phi) is 4.66. The Bertz CT molecular complexity index is 1420. The van der Waals surface area contributed by atoms with Crippen molar-refractivity contribution in [1.29, 1.82) is 0 Å². The average Bonchev–Trinajstić information content (AvgIpc) is 3.36. The van der Waals surface area contributed by atoms with Gasteiger partial charge in [-0.1, -0.05) is 23.4 Å². The summed E-state index contributed by atoms with van der Waals surface area (Å²) in [4.78, 5) is 20.2. The Morgan fingerprint density at radius 2 is 2.06 bits per heavy atom. The summed E-state index contributed by atoms with van der Waals surface area (Å²) in [5, 5.41) is 13.1.